The van der Waals surface area contributed by atoms with Gasteiger partial charge >= 0.3 is 5.97 Å². The Morgan fingerprint density at radius 3 is 2.62 bits per heavy atom. The molecule has 0 bridgehead atoms. The van der Waals surface area contributed by atoms with Crippen LogP contribution in [0.25, 0.3) is 0 Å². The molecule has 1 aliphatic rings. The largest absolute Gasteiger partial charge is 0.493 e. The number of esters is 1. The summed E-state index contributed by atoms with van der Waals surface area (Å²) < 4.78 is 10.8. The highest BCUT2D eigenvalue weighted by atomic mass is 16.5. The highest BCUT2D eigenvalue weighted by Gasteiger charge is 2.34. The molecule has 8 nitrogen and oxygen atoms in total. The van der Waals surface area contributed by atoms with E-state index in [1.807, 2.05) is 49.5 Å². The van der Waals surface area contributed by atoms with Gasteiger partial charge in [0.15, 0.2) is 0 Å². The molecule has 1 amide bonds. The summed E-state index contributed by atoms with van der Waals surface area (Å²) >= 11 is 0. The number of amides is 1. The first-order valence-electron chi connectivity index (χ1n) is 11.9. The summed E-state index contributed by atoms with van der Waals surface area (Å²) in [4.78, 5) is 32.0. The highest BCUT2D eigenvalue weighted by Crippen LogP contribution is 2.21. The predicted octanol–water partition coefficient (Wildman–Crippen LogP) is 2.82. The quantitative estimate of drug-likeness (QED) is 0.490. The van der Waals surface area contributed by atoms with Gasteiger partial charge in [-0.05, 0) is 63.1 Å². The third kappa shape index (κ3) is 6.93. The lowest BCUT2D eigenvalue weighted by molar-refractivity contribution is -0.145. The smallest absolute Gasteiger partial charge is 0.328 e. The number of aromatic nitrogens is 1. The Kier molecular flexibility index (Phi) is 9.27. The van der Waals surface area contributed by atoms with Crippen molar-refractivity contribution in [2.24, 2.45) is 0 Å². The Morgan fingerprint density at radius 2 is 1.94 bits per heavy atom. The maximum Gasteiger partial charge on any atom is 0.328 e. The van der Waals surface area contributed by atoms with E-state index in [0.29, 0.717) is 19.4 Å². The van der Waals surface area contributed by atoms with Crippen LogP contribution in [0.3, 0.4) is 0 Å². The molecule has 1 fully saturated rings. The normalized spacial score (nSPS) is 16.8. The zero-order valence-electron chi connectivity index (χ0n) is 20.5. The van der Waals surface area contributed by atoms with Crippen LogP contribution in [-0.4, -0.2) is 67.2 Å². The lowest BCUT2D eigenvalue weighted by Crippen LogP contribution is -2.51. The van der Waals surface area contributed by atoms with Crippen molar-refractivity contribution in [3.05, 3.63) is 53.7 Å². The van der Waals surface area contributed by atoms with E-state index in [1.165, 1.54) is 7.11 Å². The molecule has 1 aromatic heterocycles. The average molecular weight is 469 g/mol. The Morgan fingerprint density at radius 1 is 1.18 bits per heavy atom. The Hall–Kier alpha value is -3.13. The second-order valence-electron chi connectivity index (χ2n) is 8.78. The van der Waals surface area contributed by atoms with E-state index in [9.17, 15) is 9.59 Å². The fourth-order valence-corrected chi connectivity index (χ4v) is 4.28. The molecule has 0 saturated carbocycles. The third-order valence-corrected chi connectivity index (χ3v) is 6.12. The summed E-state index contributed by atoms with van der Waals surface area (Å²) in [7, 11) is 3.19. The zero-order chi connectivity index (χ0) is 24.5. The van der Waals surface area contributed by atoms with E-state index < -0.39 is 12.0 Å². The van der Waals surface area contributed by atoms with Crippen molar-refractivity contribution >= 4 is 17.7 Å². The van der Waals surface area contributed by atoms with E-state index >= 15 is 0 Å². The maximum absolute atomic E-state index is 12.9. The van der Waals surface area contributed by atoms with Gasteiger partial charge < -0.3 is 20.1 Å². The molecule has 2 atom stereocenters. The lowest BCUT2D eigenvalue weighted by Gasteiger charge is -2.28. The highest BCUT2D eigenvalue weighted by molar-refractivity contribution is 5.88. The minimum absolute atomic E-state index is 0.113. The van der Waals surface area contributed by atoms with Gasteiger partial charge in [0.25, 0.3) is 0 Å². The molecule has 0 spiro atoms. The molecule has 2 heterocycles. The van der Waals surface area contributed by atoms with E-state index in [0.717, 1.165) is 42.2 Å². The number of methoxy groups -OCH3 is 1. The van der Waals surface area contributed by atoms with Gasteiger partial charge in [0.1, 0.15) is 17.6 Å². The average Bonchev–Trinajstić information content (AvgIpc) is 3.35. The van der Waals surface area contributed by atoms with Crippen LogP contribution in [0.5, 0.6) is 5.75 Å². The van der Waals surface area contributed by atoms with Crippen molar-refractivity contribution in [3.63, 3.8) is 0 Å². The van der Waals surface area contributed by atoms with Crippen molar-refractivity contribution in [1.29, 1.82) is 0 Å². The number of carbonyl (C=O) groups is 2. The first kappa shape index (κ1) is 25.5. The van der Waals surface area contributed by atoms with Gasteiger partial charge in [-0.15, -0.1) is 0 Å². The SMILES string of the molecule is CNc1cccc(CCOc2ccc(C[C@H](NC(=O)[C@@H]3CCCN3C(C)C)C(=O)OC)cc2)n1. The van der Waals surface area contributed by atoms with Crippen LogP contribution < -0.4 is 15.4 Å². The molecule has 3 rings (SSSR count). The van der Waals surface area contributed by atoms with Crippen LogP contribution in [0.15, 0.2) is 42.5 Å². The number of nitrogens with zero attached hydrogens (tertiary/aromatic N) is 2. The molecule has 184 valence electrons. The molecular weight excluding hydrogens is 432 g/mol. The van der Waals surface area contributed by atoms with Crippen LogP contribution in [0, 0.1) is 0 Å². The van der Waals surface area contributed by atoms with Gasteiger partial charge in [-0.2, -0.15) is 0 Å². The minimum Gasteiger partial charge on any atom is -0.493 e. The fraction of sp³-hybridized carbons (Fsp3) is 0.500. The first-order valence-corrected chi connectivity index (χ1v) is 11.9. The number of hydrogen-bond acceptors (Lipinski definition) is 7. The monoisotopic (exact) mass is 468 g/mol. The summed E-state index contributed by atoms with van der Waals surface area (Å²) in [5.74, 6) is 1.02. The van der Waals surface area contributed by atoms with Gasteiger partial charge in [0.05, 0.1) is 19.8 Å². The van der Waals surface area contributed by atoms with Crippen LogP contribution in [0.1, 0.15) is 37.9 Å². The molecule has 2 aromatic rings. The van der Waals surface area contributed by atoms with E-state index in [2.05, 4.69) is 34.4 Å². The molecule has 2 N–H and O–H groups in total. The maximum atomic E-state index is 12.9. The van der Waals surface area contributed by atoms with Crippen LogP contribution in [0.4, 0.5) is 5.82 Å². The van der Waals surface area contributed by atoms with Crippen molar-refractivity contribution in [2.75, 3.05) is 32.6 Å². The molecule has 8 heteroatoms. The summed E-state index contributed by atoms with van der Waals surface area (Å²) in [6.07, 6.45) is 2.84. The number of hydrogen-bond donors (Lipinski definition) is 2. The summed E-state index contributed by atoms with van der Waals surface area (Å²) in [6, 6.07) is 12.8. The number of nitrogens with one attached hydrogen (secondary N) is 2. The van der Waals surface area contributed by atoms with Gasteiger partial charge in [-0.1, -0.05) is 18.2 Å². The molecule has 0 aliphatic carbocycles. The van der Waals surface area contributed by atoms with Crippen LogP contribution >= 0.6 is 0 Å². The number of likely N-dealkylation sites (tertiary alicyclic amines) is 1. The number of pyridine rings is 1. The standard InChI is InChI=1S/C26H36N4O4/c1-18(2)30-15-6-8-23(30)25(31)29-22(26(32)33-4)17-19-10-12-21(13-11-19)34-16-14-20-7-5-9-24(27-3)28-20/h5,7,9-13,18,22-23H,6,8,14-17H2,1-4H3,(H,27,28)(H,29,31)/t22-,23-/m0/s1. The molecular formula is C26H36N4O4. The first-order chi connectivity index (χ1) is 16.4. The fourth-order valence-electron chi connectivity index (χ4n) is 4.28. The van der Waals surface area contributed by atoms with E-state index in [-0.39, 0.29) is 18.0 Å². The number of rotatable bonds is 11. The van der Waals surface area contributed by atoms with Crippen molar-refractivity contribution in [3.8, 4) is 5.75 Å². The second-order valence-corrected chi connectivity index (χ2v) is 8.78. The Bertz CT molecular complexity index is 948. The Labute approximate surface area is 202 Å². The van der Waals surface area contributed by atoms with Gasteiger partial charge in [0.2, 0.25) is 5.91 Å². The molecule has 0 unspecified atom stereocenters. The van der Waals surface area contributed by atoms with Crippen LogP contribution in [0.2, 0.25) is 0 Å². The van der Waals surface area contributed by atoms with Crippen molar-refractivity contribution < 1.29 is 19.1 Å². The third-order valence-electron chi connectivity index (χ3n) is 6.12. The molecule has 1 aliphatic heterocycles. The molecule has 1 aromatic carbocycles. The van der Waals surface area contributed by atoms with Gasteiger partial charge in [0, 0.05) is 31.6 Å². The summed E-state index contributed by atoms with van der Waals surface area (Å²) in [5, 5.41) is 5.95. The number of anilines is 1. The lowest BCUT2D eigenvalue weighted by atomic mass is 10.0. The molecule has 34 heavy (non-hydrogen) atoms. The Balaban J connectivity index is 1.55. The van der Waals surface area contributed by atoms with Crippen molar-refractivity contribution in [1.82, 2.24) is 15.2 Å². The number of carbonyl (C=O) groups excluding carboxylic acids is 2. The van der Waals surface area contributed by atoms with Crippen molar-refractivity contribution in [2.45, 2.75) is 57.7 Å². The van der Waals surface area contributed by atoms with Gasteiger partial charge in [-0.3, -0.25) is 9.69 Å². The number of benzene rings is 1. The molecule has 0 radical (unpaired) electrons. The zero-order valence-corrected chi connectivity index (χ0v) is 20.5. The second kappa shape index (κ2) is 12.4. The van der Waals surface area contributed by atoms with E-state index in [1.54, 1.807) is 0 Å². The minimum atomic E-state index is -0.732. The summed E-state index contributed by atoms with van der Waals surface area (Å²) in [6.45, 7) is 5.58. The van der Waals surface area contributed by atoms with Gasteiger partial charge in [-0.25, -0.2) is 9.78 Å². The number of ether oxygens (including phenoxy) is 2. The summed E-state index contributed by atoms with van der Waals surface area (Å²) in [5.41, 5.74) is 1.87. The topological polar surface area (TPSA) is 92.8 Å². The molecule has 1 saturated heterocycles. The van der Waals surface area contributed by atoms with Crippen LogP contribution in [-0.2, 0) is 27.2 Å². The predicted molar refractivity (Wildman–Crippen MR) is 132 cm³/mol. The van der Waals surface area contributed by atoms with E-state index in [4.69, 9.17) is 9.47 Å².